The molecule has 1 saturated carbocycles. The van der Waals surface area contributed by atoms with Gasteiger partial charge < -0.3 is 20.3 Å². The van der Waals surface area contributed by atoms with Gasteiger partial charge in [-0.25, -0.2) is 9.97 Å². The number of ether oxygens (including phenoxy) is 1. The van der Waals surface area contributed by atoms with E-state index in [0.717, 1.165) is 63.4 Å². The van der Waals surface area contributed by atoms with Gasteiger partial charge in [0.2, 0.25) is 0 Å². The zero-order valence-electron chi connectivity index (χ0n) is 18.5. The minimum atomic E-state index is -0.319. The fraction of sp³-hybridized carbons (Fsp3) is 0.583. The van der Waals surface area contributed by atoms with E-state index in [-0.39, 0.29) is 23.4 Å². The predicted octanol–water partition coefficient (Wildman–Crippen LogP) is 2.53. The van der Waals surface area contributed by atoms with Crippen molar-refractivity contribution in [1.82, 2.24) is 20.6 Å². The van der Waals surface area contributed by atoms with Crippen LogP contribution >= 0.6 is 11.6 Å². The Labute approximate surface area is 199 Å². The van der Waals surface area contributed by atoms with Gasteiger partial charge in [0.1, 0.15) is 11.5 Å². The Hall–Kier alpha value is -2.63. The summed E-state index contributed by atoms with van der Waals surface area (Å²) in [4.78, 5) is 23.9. The highest BCUT2D eigenvalue weighted by atomic mass is 35.5. The summed E-state index contributed by atoms with van der Waals surface area (Å²) >= 11 is 6.23. The number of alkyl halides is 1. The first-order valence-electron chi connectivity index (χ1n) is 11.8. The van der Waals surface area contributed by atoms with Crippen LogP contribution in [-0.4, -0.2) is 59.6 Å². The van der Waals surface area contributed by atoms with Crippen molar-refractivity contribution in [1.29, 1.82) is 5.26 Å². The van der Waals surface area contributed by atoms with Gasteiger partial charge in [-0.1, -0.05) is 0 Å². The third kappa shape index (κ3) is 4.99. The molecular formula is C24H29ClN6O2. The lowest BCUT2D eigenvalue weighted by Gasteiger charge is -2.31. The number of carbonyl (C=O) groups excluding carboxylic acids is 1. The smallest absolute Gasteiger partial charge is 0.271 e. The molecule has 2 aliphatic heterocycles. The third-order valence-electron chi connectivity index (χ3n) is 7.21. The summed E-state index contributed by atoms with van der Waals surface area (Å²) in [5.41, 5.74) is 0.936. The van der Waals surface area contributed by atoms with Crippen LogP contribution in [0.5, 0.6) is 0 Å². The molecule has 1 aromatic heterocycles. The van der Waals surface area contributed by atoms with Gasteiger partial charge >= 0.3 is 0 Å². The maximum atomic E-state index is 12.7. The molecule has 2 saturated heterocycles. The number of anilines is 1. The van der Waals surface area contributed by atoms with E-state index in [1.54, 1.807) is 18.5 Å². The number of hydrogen-bond acceptors (Lipinski definition) is 7. The van der Waals surface area contributed by atoms with Crippen LogP contribution in [0.3, 0.4) is 0 Å². The highest BCUT2D eigenvalue weighted by molar-refractivity contribution is 6.23. The van der Waals surface area contributed by atoms with Gasteiger partial charge in [-0.05, 0) is 49.7 Å². The average Bonchev–Trinajstić information content (AvgIpc) is 3.43. The standard InChI is InChI=1S/C24H29ClN6O2/c25-21-7-20(4-1-15(21)8-26)33-19-5-2-18(3-6-19)30-24(32)22-11-29-23(12-28-22)31-13-16-9-27-10-17(16)14-31/h1,4,11-12,16-19,21,27H,2-3,5-7,9-10,13-14H2,(H,30,32)/t16?,17?,18-,19-,21?. The fourth-order valence-corrected chi connectivity index (χ4v) is 5.55. The Morgan fingerprint density at radius 2 is 1.91 bits per heavy atom. The number of halogens is 1. The molecule has 3 fully saturated rings. The zero-order chi connectivity index (χ0) is 22.8. The molecule has 3 heterocycles. The van der Waals surface area contributed by atoms with E-state index in [1.165, 1.54) is 0 Å². The molecule has 0 aromatic carbocycles. The summed E-state index contributed by atoms with van der Waals surface area (Å²) in [5, 5.41) is 15.3. The lowest BCUT2D eigenvalue weighted by atomic mass is 9.92. The van der Waals surface area contributed by atoms with E-state index in [0.29, 0.717) is 29.5 Å². The molecule has 2 N–H and O–H groups in total. The van der Waals surface area contributed by atoms with Crippen LogP contribution in [0.25, 0.3) is 0 Å². The van der Waals surface area contributed by atoms with Crippen LogP contribution in [0.4, 0.5) is 5.82 Å². The first kappa shape index (κ1) is 22.2. The molecule has 0 radical (unpaired) electrons. The number of nitrogens with zero attached hydrogens (tertiary/aromatic N) is 4. The lowest BCUT2D eigenvalue weighted by Crippen LogP contribution is -2.39. The van der Waals surface area contributed by atoms with E-state index in [1.807, 2.05) is 6.08 Å². The van der Waals surface area contributed by atoms with Crippen molar-refractivity contribution in [2.45, 2.75) is 49.6 Å². The van der Waals surface area contributed by atoms with Gasteiger partial charge in [0.15, 0.2) is 0 Å². The number of nitriles is 1. The van der Waals surface area contributed by atoms with Crippen LogP contribution in [0.2, 0.25) is 0 Å². The van der Waals surface area contributed by atoms with Gasteiger partial charge in [-0.2, -0.15) is 5.26 Å². The van der Waals surface area contributed by atoms with Crippen LogP contribution in [0, 0.1) is 23.2 Å². The summed E-state index contributed by atoms with van der Waals surface area (Å²) < 4.78 is 6.10. The maximum absolute atomic E-state index is 12.7. The number of carbonyl (C=O) groups is 1. The molecule has 3 atom stereocenters. The van der Waals surface area contributed by atoms with Crippen LogP contribution in [0.1, 0.15) is 42.6 Å². The Balaban J connectivity index is 1.08. The third-order valence-corrected chi connectivity index (χ3v) is 7.60. The Bertz CT molecular complexity index is 968. The van der Waals surface area contributed by atoms with Crippen molar-refractivity contribution in [3.63, 3.8) is 0 Å². The Kier molecular flexibility index (Phi) is 6.52. The number of aromatic nitrogens is 2. The van der Waals surface area contributed by atoms with Crippen molar-refractivity contribution >= 4 is 23.3 Å². The molecule has 0 spiro atoms. The highest BCUT2D eigenvalue weighted by Gasteiger charge is 2.36. The topological polar surface area (TPSA) is 103 Å². The summed E-state index contributed by atoms with van der Waals surface area (Å²) in [6.07, 6.45) is 11.0. The molecule has 5 rings (SSSR count). The number of hydrogen-bond donors (Lipinski definition) is 2. The molecule has 33 heavy (non-hydrogen) atoms. The average molecular weight is 469 g/mol. The number of allylic oxidation sites excluding steroid dienone is 4. The minimum absolute atomic E-state index is 0.107. The molecule has 2 aliphatic carbocycles. The SMILES string of the molecule is N#CC1=CC=C(O[C@H]2CC[C@H](NC(=O)c3cnc(N4CC5CNCC5C4)cn3)CC2)CC1Cl. The summed E-state index contributed by atoms with van der Waals surface area (Å²) in [5.74, 6) is 2.88. The van der Waals surface area contributed by atoms with E-state index in [4.69, 9.17) is 21.6 Å². The second kappa shape index (κ2) is 9.70. The second-order valence-corrected chi connectivity index (χ2v) is 9.97. The lowest BCUT2D eigenvalue weighted by molar-refractivity contribution is 0.0646. The van der Waals surface area contributed by atoms with Crippen LogP contribution < -0.4 is 15.5 Å². The molecule has 4 aliphatic rings. The summed E-state index contributed by atoms with van der Waals surface area (Å²) in [7, 11) is 0. The predicted molar refractivity (Wildman–Crippen MR) is 125 cm³/mol. The van der Waals surface area contributed by atoms with Crippen molar-refractivity contribution in [2.24, 2.45) is 11.8 Å². The quantitative estimate of drug-likeness (QED) is 0.640. The Morgan fingerprint density at radius 1 is 1.15 bits per heavy atom. The molecular weight excluding hydrogens is 440 g/mol. The first-order chi connectivity index (χ1) is 16.1. The van der Waals surface area contributed by atoms with Crippen molar-refractivity contribution in [3.8, 4) is 6.07 Å². The molecule has 1 amide bonds. The van der Waals surface area contributed by atoms with Gasteiger partial charge in [0, 0.05) is 44.2 Å². The van der Waals surface area contributed by atoms with Gasteiger partial charge in [-0.3, -0.25) is 4.79 Å². The molecule has 174 valence electrons. The maximum Gasteiger partial charge on any atom is 0.271 e. The normalized spacial score (nSPS) is 31.3. The first-order valence-corrected chi connectivity index (χ1v) is 12.2. The number of nitrogens with one attached hydrogen (secondary N) is 2. The summed E-state index contributed by atoms with van der Waals surface area (Å²) in [6, 6.07) is 2.22. The van der Waals surface area contributed by atoms with E-state index in [2.05, 4.69) is 31.6 Å². The molecule has 8 nitrogen and oxygen atoms in total. The summed E-state index contributed by atoms with van der Waals surface area (Å²) in [6.45, 7) is 4.15. The van der Waals surface area contributed by atoms with Crippen molar-refractivity contribution in [3.05, 3.63) is 41.6 Å². The zero-order valence-corrected chi connectivity index (χ0v) is 19.3. The van der Waals surface area contributed by atoms with Gasteiger partial charge in [-0.15, -0.1) is 11.6 Å². The monoisotopic (exact) mass is 468 g/mol. The van der Waals surface area contributed by atoms with Gasteiger partial charge in [0.25, 0.3) is 5.91 Å². The van der Waals surface area contributed by atoms with Crippen molar-refractivity contribution in [2.75, 3.05) is 31.1 Å². The highest BCUT2D eigenvalue weighted by Crippen LogP contribution is 2.30. The molecule has 9 heteroatoms. The minimum Gasteiger partial charge on any atom is -0.495 e. The van der Waals surface area contributed by atoms with E-state index in [9.17, 15) is 4.79 Å². The van der Waals surface area contributed by atoms with Crippen LogP contribution in [-0.2, 0) is 4.74 Å². The molecule has 1 aromatic rings. The van der Waals surface area contributed by atoms with Crippen LogP contribution in [0.15, 0.2) is 35.9 Å². The molecule has 0 bridgehead atoms. The largest absolute Gasteiger partial charge is 0.495 e. The fourth-order valence-electron chi connectivity index (χ4n) is 5.28. The van der Waals surface area contributed by atoms with E-state index >= 15 is 0 Å². The van der Waals surface area contributed by atoms with Crippen molar-refractivity contribution < 1.29 is 9.53 Å². The number of fused-ring (bicyclic) bond motifs is 1. The number of rotatable bonds is 5. The van der Waals surface area contributed by atoms with Gasteiger partial charge in [0.05, 0.1) is 35.7 Å². The second-order valence-electron chi connectivity index (χ2n) is 9.45. The molecule has 3 unspecified atom stereocenters. The Morgan fingerprint density at radius 3 is 2.55 bits per heavy atom. The van der Waals surface area contributed by atoms with E-state index < -0.39 is 0 Å². The number of amides is 1.